The van der Waals surface area contributed by atoms with E-state index in [0.717, 1.165) is 5.56 Å². The number of pyridine rings is 1. The molecule has 0 aliphatic rings. The number of aromatic nitrogens is 1. The molecule has 2 rings (SSSR count). The highest BCUT2D eigenvalue weighted by molar-refractivity contribution is 6.30. The Balaban J connectivity index is 2.42. The molecule has 0 amide bonds. The summed E-state index contributed by atoms with van der Waals surface area (Å²) in [4.78, 5) is 14.9. The largest absolute Gasteiger partial charge is 0.481 e. The quantitative estimate of drug-likeness (QED) is 0.907. The fourth-order valence-electron chi connectivity index (χ4n) is 1.55. The molecule has 86 valence electrons. The van der Waals surface area contributed by atoms with Gasteiger partial charge in [0.2, 0.25) is 0 Å². The molecule has 0 spiro atoms. The first-order valence-corrected chi connectivity index (χ1v) is 5.46. The molecule has 0 radical (unpaired) electrons. The molecular weight excluding hydrogens is 238 g/mol. The highest BCUT2D eigenvalue weighted by Crippen LogP contribution is 2.21. The Labute approximate surface area is 104 Å². The van der Waals surface area contributed by atoms with Crippen LogP contribution < -0.4 is 0 Å². The molecule has 17 heavy (non-hydrogen) atoms. The van der Waals surface area contributed by atoms with Crippen LogP contribution in [0.15, 0.2) is 42.5 Å². The number of aliphatic carboxylic acids is 1. The van der Waals surface area contributed by atoms with E-state index in [9.17, 15) is 4.79 Å². The summed E-state index contributed by atoms with van der Waals surface area (Å²) in [5.41, 5.74) is 2.07. The van der Waals surface area contributed by atoms with Crippen molar-refractivity contribution in [3.63, 3.8) is 0 Å². The summed E-state index contributed by atoms with van der Waals surface area (Å²) in [7, 11) is 0. The Morgan fingerprint density at radius 2 is 1.94 bits per heavy atom. The number of hydrogen-bond donors (Lipinski definition) is 1. The molecule has 0 aliphatic carbocycles. The standard InChI is InChI=1S/C13H10ClNO2/c14-10-6-11(8-13(16)17)15-12(7-10)9-4-2-1-3-5-9/h1-7H,8H2,(H,16,17). The van der Waals surface area contributed by atoms with Gasteiger partial charge in [0.25, 0.3) is 0 Å². The summed E-state index contributed by atoms with van der Waals surface area (Å²) < 4.78 is 0. The van der Waals surface area contributed by atoms with Crippen LogP contribution in [0, 0.1) is 0 Å². The lowest BCUT2D eigenvalue weighted by Crippen LogP contribution is -2.03. The van der Waals surface area contributed by atoms with Crippen LogP contribution in [0.4, 0.5) is 0 Å². The van der Waals surface area contributed by atoms with Gasteiger partial charge in [-0.2, -0.15) is 0 Å². The fraction of sp³-hybridized carbons (Fsp3) is 0.0769. The fourth-order valence-corrected chi connectivity index (χ4v) is 1.78. The molecule has 1 heterocycles. The third-order valence-electron chi connectivity index (χ3n) is 2.25. The van der Waals surface area contributed by atoms with Gasteiger partial charge in [0, 0.05) is 10.6 Å². The van der Waals surface area contributed by atoms with Crippen LogP contribution >= 0.6 is 11.6 Å². The number of halogens is 1. The monoisotopic (exact) mass is 247 g/mol. The van der Waals surface area contributed by atoms with E-state index < -0.39 is 5.97 Å². The minimum Gasteiger partial charge on any atom is -0.481 e. The number of hydrogen-bond acceptors (Lipinski definition) is 2. The van der Waals surface area contributed by atoms with Crippen molar-refractivity contribution in [2.45, 2.75) is 6.42 Å². The number of carboxylic acid groups (broad SMARTS) is 1. The van der Waals surface area contributed by atoms with Crippen molar-refractivity contribution in [1.82, 2.24) is 4.98 Å². The van der Waals surface area contributed by atoms with Gasteiger partial charge in [-0.05, 0) is 12.1 Å². The molecule has 2 aromatic rings. The van der Waals surface area contributed by atoms with E-state index in [0.29, 0.717) is 16.4 Å². The molecular formula is C13H10ClNO2. The highest BCUT2D eigenvalue weighted by Gasteiger charge is 2.07. The van der Waals surface area contributed by atoms with Crippen molar-refractivity contribution in [3.8, 4) is 11.3 Å². The predicted octanol–water partition coefficient (Wildman–Crippen LogP) is 3.03. The van der Waals surface area contributed by atoms with Gasteiger partial charge < -0.3 is 5.11 Å². The van der Waals surface area contributed by atoms with Crippen molar-refractivity contribution in [1.29, 1.82) is 0 Å². The summed E-state index contributed by atoms with van der Waals surface area (Å²) >= 11 is 5.95. The average Bonchev–Trinajstić information content (AvgIpc) is 2.28. The molecule has 1 aromatic heterocycles. The Bertz CT molecular complexity index is 540. The summed E-state index contributed by atoms with van der Waals surface area (Å²) in [6, 6.07) is 12.8. The first-order chi connectivity index (χ1) is 8.15. The molecule has 0 fully saturated rings. The third kappa shape index (κ3) is 3.04. The number of nitrogens with zero attached hydrogens (tertiary/aromatic N) is 1. The maximum atomic E-state index is 10.6. The maximum Gasteiger partial charge on any atom is 0.309 e. The van der Waals surface area contributed by atoms with Gasteiger partial charge in [0.1, 0.15) is 0 Å². The van der Waals surface area contributed by atoms with Gasteiger partial charge in [-0.1, -0.05) is 41.9 Å². The number of benzene rings is 1. The number of carbonyl (C=O) groups is 1. The smallest absolute Gasteiger partial charge is 0.309 e. The summed E-state index contributed by atoms with van der Waals surface area (Å²) in [5.74, 6) is -0.918. The molecule has 0 aliphatic heterocycles. The molecule has 0 saturated heterocycles. The average molecular weight is 248 g/mol. The first kappa shape index (κ1) is 11.6. The minimum absolute atomic E-state index is 0.125. The van der Waals surface area contributed by atoms with Crippen LogP contribution in [-0.2, 0) is 11.2 Å². The zero-order valence-electron chi connectivity index (χ0n) is 8.93. The normalized spacial score (nSPS) is 10.2. The van der Waals surface area contributed by atoms with Gasteiger partial charge in [0.15, 0.2) is 0 Å². The van der Waals surface area contributed by atoms with Crippen LogP contribution in [-0.4, -0.2) is 16.1 Å². The van der Waals surface area contributed by atoms with E-state index in [4.69, 9.17) is 16.7 Å². The molecule has 3 nitrogen and oxygen atoms in total. The Morgan fingerprint density at radius 3 is 2.59 bits per heavy atom. The zero-order chi connectivity index (χ0) is 12.3. The summed E-state index contributed by atoms with van der Waals surface area (Å²) in [6.45, 7) is 0. The van der Waals surface area contributed by atoms with Crippen LogP contribution in [0.1, 0.15) is 5.69 Å². The van der Waals surface area contributed by atoms with Crippen LogP contribution in [0.25, 0.3) is 11.3 Å². The zero-order valence-corrected chi connectivity index (χ0v) is 9.69. The second-order valence-corrected chi connectivity index (χ2v) is 4.03. The molecule has 0 saturated carbocycles. The lowest BCUT2D eigenvalue weighted by molar-refractivity contribution is -0.136. The Kier molecular flexibility index (Phi) is 3.40. The Morgan fingerprint density at radius 1 is 1.24 bits per heavy atom. The second kappa shape index (κ2) is 4.97. The molecule has 0 atom stereocenters. The second-order valence-electron chi connectivity index (χ2n) is 3.60. The van der Waals surface area contributed by atoms with E-state index in [1.165, 1.54) is 0 Å². The van der Waals surface area contributed by atoms with Crippen molar-refractivity contribution in [3.05, 3.63) is 53.2 Å². The van der Waals surface area contributed by atoms with E-state index in [2.05, 4.69) is 4.98 Å². The number of carboxylic acids is 1. The van der Waals surface area contributed by atoms with Crippen LogP contribution in [0.2, 0.25) is 5.02 Å². The lowest BCUT2D eigenvalue weighted by atomic mass is 10.1. The molecule has 4 heteroatoms. The van der Waals surface area contributed by atoms with Gasteiger partial charge in [-0.25, -0.2) is 0 Å². The van der Waals surface area contributed by atoms with Crippen molar-refractivity contribution in [2.75, 3.05) is 0 Å². The lowest BCUT2D eigenvalue weighted by Gasteiger charge is -2.04. The van der Waals surface area contributed by atoms with E-state index >= 15 is 0 Å². The topological polar surface area (TPSA) is 50.2 Å². The SMILES string of the molecule is O=C(O)Cc1cc(Cl)cc(-c2ccccc2)n1. The molecule has 0 unspecified atom stereocenters. The van der Waals surface area contributed by atoms with Crippen molar-refractivity contribution in [2.24, 2.45) is 0 Å². The first-order valence-electron chi connectivity index (χ1n) is 5.09. The molecule has 1 aromatic carbocycles. The van der Waals surface area contributed by atoms with Crippen LogP contribution in [0.5, 0.6) is 0 Å². The van der Waals surface area contributed by atoms with E-state index in [-0.39, 0.29) is 6.42 Å². The van der Waals surface area contributed by atoms with Gasteiger partial charge in [0.05, 0.1) is 17.8 Å². The van der Waals surface area contributed by atoms with Gasteiger partial charge >= 0.3 is 5.97 Å². The van der Waals surface area contributed by atoms with Crippen molar-refractivity contribution >= 4 is 17.6 Å². The van der Waals surface area contributed by atoms with E-state index in [1.54, 1.807) is 12.1 Å². The van der Waals surface area contributed by atoms with Crippen molar-refractivity contribution < 1.29 is 9.90 Å². The maximum absolute atomic E-state index is 10.6. The highest BCUT2D eigenvalue weighted by atomic mass is 35.5. The number of rotatable bonds is 3. The predicted molar refractivity (Wildman–Crippen MR) is 66.0 cm³/mol. The van der Waals surface area contributed by atoms with Gasteiger partial charge in [-0.3, -0.25) is 9.78 Å². The van der Waals surface area contributed by atoms with Crippen LogP contribution in [0.3, 0.4) is 0 Å². The minimum atomic E-state index is -0.918. The summed E-state index contributed by atoms with van der Waals surface area (Å²) in [6.07, 6.45) is -0.125. The summed E-state index contributed by atoms with van der Waals surface area (Å²) in [5, 5.41) is 9.23. The third-order valence-corrected chi connectivity index (χ3v) is 2.46. The molecule has 1 N–H and O–H groups in total. The van der Waals surface area contributed by atoms with Gasteiger partial charge in [-0.15, -0.1) is 0 Å². The Hall–Kier alpha value is -1.87. The molecule has 0 bridgehead atoms. The van der Waals surface area contributed by atoms with E-state index in [1.807, 2.05) is 30.3 Å².